The molecule has 1 aliphatic rings. The molecule has 1 aliphatic heterocycles. The molecule has 4 nitrogen and oxygen atoms in total. The third kappa shape index (κ3) is 1.60. The predicted octanol–water partition coefficient (Wildman–Crippen LogP) is 0.247. The van der Waals surface area contributed by atoms with Gasteiger partial charge in [-0.25, -0.2) is 4.79 Å². The maximum atomic E-state index is 10.8. The van der Waals surface area contributed by atoms with Crippen molar-refractivity contribution in [2.24, 2.45) is 0 Å². The van der Waals surface area contributed by atoms with Crippen molar-refractivity contribution >= 4 is 6.09 Å². The Morgan fingerprint density at radius 1 is 1.50 bits per heavy atom. The molecule has 1 saturated heterocycles. The van der Waals surface area contributed by atoms with Crippen LogP contribution in [-0.2, 0) is 9.47 Å². The minimum atomic E-state index is -0.372. The van der Waals surface area contributed by atoms with Gasteiger partial charge in [-0.2, -0.15) is 0 Å². The van der Waals surface area contributed by atoms with Crippen molar-refractivity contribution < 1.29 is 14.3 Å². The third-order valence-corrected chi connectivity index (χ3v) is 1.39. The molecule has 0 aromatic rings. The van der Waals surface area contributed by atoms with Crippen molar-refractivity contribution in [3.05, 3.63) is 7.11 Å². The molecule has 0 saturated carbocycles. The first kappa shape index (κ1) is 7.34. The van der Waals surface area contributed by atoms with Crippen LogP contribution >= 0.6 is 0 Å². The Hall–Kier alpha value is -0.770. The van der Waals surface area contributed by atoms with E-state index in [1.54, 1.807) is 4.90 Å². The minimum Gasteiger partial charge on any atom is -0.446 e. The highest BCUT2D eigenvalue weighted by Crippen LogP contribution is 1.98. The Labute approximate surface area is 59.7 Å². The largest absolute Gasteiger partial charge is 0.446 e. The molecule has 1 radical (unpaired) electrons. The van der Waals surface area contributed by atoms with Gasteiger partial charge in [0.15, 0.2) is 0 Å². The molecule has 4 heteroatoms. The Morgan fingerprint density at radius 2 is 2.10 bits per heavy atom. The minimum absolute atomic E-state index is 0.372. The van der Waals surface area contributed by atoms with Gasteiger partial charge in [-0.3, -0.25) is 0 Å². The van der Waals surface area contributed by atoms with Gasteiger partial charge in [-0.1, -0.05) is 0 Å². The van der Waals surface area contributed by atoms with E-state index in [0.29, 0.717) is 26.3 Å². The summed E-state index contributed by atoms with van der Waals surface area (Å²) in [5.41, 5.74) is 0. The number of amides is 1. The third-order valence-electron chi connectivity index (χ3n) is 1.39. The van der Waals surface area contributed by atoms with Gasteiger partial charge in [0, 0.05) is 13.1 Å². The molecule has 0 spiro atoms. The zero-order valence-electron chi connectivity index (χ0n) is 5.71. The number of carbonyl (C=O) groups excluding carboxylic acids is 1. The number of rotatable bonds is 0. The smallest absolute Gasteiger partial charge is 0.410 e. The number of morpholine rings is 1. The van der Waals surface area contributed by atoms with Crippen LogP contribution in [0.5, 0.6) is 0 Å². The first-order valence-electron chi connectivity index (χ1n) is 3.13. The summed E-state index contributed by atoms with van der Waals surface area (Å²) in [6.07, 6.45) is -0.372. The topological polar surface area (TPSA) is 38.8 Å². The average Bonchev–Trinajstić information content (AvgIpc) is 2.05. The molecule has 0 atom stereocenters. The number of nitrogens with zero attached hydrogens (tertiary/aromatic N) is 1. The lowest BCUT2D eigenvalue weighted by atomic mass is 10.5. The number of carbonyl (C=O) groups is 1. The summed E-state index contributed by atoms with van der Waals surface area (Å²) in [6, 6.07) is 0. The average molecular weight is 144 g/mol. The second kappa shape index (κ2) is 3.41. The molecule has 0 aromatic heterocycles. The summed E-state index contributed by atoms with van der Waals surface area (Å²) in [6.45, 7) is 2.40. The van der Waals surface area contributed by atoms with E-state index in [4.69, 9.17) is 4.74 Å². The standard InChI is InChI=1S/C6H10NO3/c1-9-6(8)7-2-4-10-5-3-7/h1-5H2. The summed E-state index contributed by atoms with van der Waals surface area (Å²) in [5.74, 6) is 0. The fourth-order valence-corrected chi connectivity index (χ4v) is 0.837. The van der Waals surface area contributed by atoms with E-state index in [1.165, 1.54) is 0 Å². The molecule has 1 fully saturated rings. The van der Waals surface area contributed by atoms with Crippen LogP contribution in [0.2, 0.25) is 0 Å². The lowest BCUT2D eigenvalue weighted by Crippen LogP contribution is -2.40. The Kier molecular flexibility index (Phi) is 2.50. The molecule has 0 aromatic carbocycles. The van der Waals surface area contributed by atoms with Gasteiger partial charge in [0.1, 0.15) is 7.11 Å². The molecular weight excluding hydrogens is 134 g/mol. The van der Waals surface area contributed by atoms with Crippen molar-refractivity contribution in [2.75, 3.05) is 26.3 Å². The van der Waals surface area contributed by atoms with Crippen LogP contribution in [0.3, 0.4) is 0 Å². The predicted molar refractivity (Wildman–Crippen MR) is 34.2 cm³/mol. The molecule has 1 amide bonds. The Morgan fingerprint density at radius 3 is 2.60 bits per heavy atom. The fourth-order valence-electron chi connectivity index (χ4n) is 0.837. The van der Waals surface area contributed by atoms with Gasteiger partial charge >= 0.3 is 6.09 Å². The molecule has 10 heavy (non-hydrogen) atoms. The molecule has 57 valence electrons. The zero-order chi connectivity index (χ0) is 7.40. The summed E-state index contributed by atoms with van der Waals surface area (Å²) in [7, 11) is 3.03. The number of ether oxygens (including phenoxy) is 2. The van der Waals surface area contributed by atoms with E-state index >= 15 is 0 Å². The van der Waals surface area contributed by atoms with Gasteiger partial charge in [-0.15, -0.1) is 0 Å². The molecule has 0 unspecified atom stereocenters. The molecular formula is C6H10NO3. The molecule has 1 heterocycles. The van der Waals surface area contributed by atoms with E-state index in [-0.39, 0.29) is 6.09 Å². The van der Waals surface area contributed by atoms with E-state index in [1.807, 2.05) is 0 Å². The zero-order valence-corrected chi connectivity index (χ0v) is 5.71. The van der Waals surface area contributed by atoms with Gasteiger partial charge in [-0.05, 0) is 0 Å². The quantitative estimate of drug-likeness (QED) is 0.489. The second-order valence-electron chi connectivity index (χ2n) is 2.01. The number of hydrogen-bond acceptors (Lipinski definition) is 3. The summed E-state index contributed by atoms with van der Waals surface area (Å²) >= 11 is 0. The first-order chi connectivity index (χ1) is 4.84. The molecule has 0 N–H and O–H groups in total. The van der Waals surface area contributed by atoms with Gasteiger partial charge in [0.05, 0.1) is 13.2 Å². The molecule has 1 rings (SSSR count). The van der Waals surface area contributed by atoms with Gasteiger partial charge < -0.3 is 14.4 Å². The molecule has 0 aliphatic carbocycles. The van der Waals surface area contributed by atoms with E-state index in [9.17, 15) is 4.79 Å². The van der Waals surface area contributed by atoms with E-state index in [2.05, 4.69) is 11.8 Å². The number of hydrogen-bond donors (Lipinski definition) is 0. The van der Waals surface area contributed by atoms with Crippen LogP contribution in [0.1, 0.15) is 0 Å². The monoisotopic (exact) mass is 144 g/mol. The highest BCUT2D eigenvalue weighted by atomic mass is 16.5. The Bertz CT molecular complexity index is 120. The van der Waals surface area contributed by atoms with Crippen LogP contribution in [0.4, 0.5) is 4.79 Å². The second-order valence-corrected chi connectivity index (χ2v) is 2.01. The fraction of sp³-hybridized carbons (Fsp3) is 0.667. The van der Waals surface area contributed by atoms with Crippen molar-refractivity contribution in [3.63, 3.8) is 0 Å². The van der Waals surface area contributed by atoms with Crippen molar-refractivity contribution in [3.8, 4) is 0 Å². The van der Waals surface area contributed by atoms with Crippen LogP contribution < -0.4 is 0 Å². The maximum absolute atomic E-state index is 10.8. The van der Waals surface area contributed by atoms with Crippen LogP contribution in [0, 0.1) is 7.11 Å². The normalized spacial score (nSPS) is 18.7. The van der Waals surface area contributed by atoms with Crippen molar-refractivity contribution in [2.45, 2.75) is 0 Å². The highest BCUT2D eigenvalue weighted by Gasteiger charge is 2.16. The SMILES string of the molecule is [CH2]OC(=O)N1CCOCC1. The van der Waals surface area contributed by atoms with Crippen molar-refractivity contribution in [1.29, 1.82) is 0 Å². The van der Waals surface area contributed by atoms with Crippen LogP contribution in [0.25, 0.3) is 0 Å². The van der Waals surface area contributed by atoms with Gasteiger partial charge in [0.25, 0.3) is 0 Å². The summed E-state index contributed by atoms with van der Waals surface area (Å²) < 4.78 is 9.30. The lowest BCUT2D eigenvalue weighted by molar-refractivity contribution is 0.0367. The Balaban J connectivity index is 2.31. The van der Waals surface area contributed by atoms with Crippen LogP contribution in [-0.4, -0.2) is 37.3 Å². The molecule has 0 bridgehead atoms. The summed E-state index contributed by atoms with van der Waals surface area (Å²) in [4.78, 5) is 12.3. The maximum Gasteiger partial charge on any atom is 0.410 e. The first-order valence-corrected chi connectivity index (χ1v) is 3.13. The van der Waals surface area contributed by atoms with Crippen LogP contribution in [0.15, 0.2) is 0 Å². The van der Waals surface area contributed by atoms with Crippen molar-refractivity contribution in [1.82, 2.24) is 4.90 Å². The van der Waals surface area contributed by atoms with Gasteiger partial charge in [0.2, 0.25) is 0 Å². The summed E-state index contributed by atoms with van der Waals surface area (Å²) in [5, 5.41) is 0. The lowest BCUT2D eigenvalue weighted by Gasteiger charge is -2.24. The van der Waals surface area contributed by atoms with E-state index < -0.39 is 0 Å². The van der Waals surface area contributed by atoms with E-state index in [0.717, 1.165) is 0 Å². The highest BCUT2D eigenvalue weighted by molar-refractivity contribution is 5.67.